The Hall–Kier alpha value is -3.05. The molecule has 0 aliphatic carbocycles. The zero-order chi connectivity index (χ0) is 24.2. The van der Waals surface area contributed by atoms with Gasteiger partial charge < -0.3 is 20.9 Å². The average Bonchev–Trinajstić information content (AvgIpc) is 3.19. The maximum absolute atomic E-state index is 13.1. The fraction of sp³-hybridized carbons (Fsp3) is 0.500. The van der Waals surface area contributed by atoms with Gasteiger partial charge in [0.2, 0.25) is 11.8 Å². The van der Waals surface area contributed by atoms with Gasteiger partial charge in [0.25, 0.3) is 5.91 Å². The quantitative estimate of drug-likeness (QED) is 0.494. The van der Waals surface area contributed by atoms with Crippen LogP contribution in [0.2, 0.25) is 5.02 Å². The summed E-state index contributed by atoms with van der Waals surface area (Å²) in [4.78, 5) is 41.1. The van der Waals surface area contributed by atoms with E-state index in [1.165, 1.54) is 0 Å². The molecule has 1 aliphatic rings. The number of fused-ring (bicyclic) bond motifs is 1. The van der Waals surface area contributed by atoms with Gasteiger partial charge in [0.15, 0.2) is 0 Å². The number of rotatable bonds is 7. The third kappa shape index (κ3) is 6.48. The van der Waals surface area contributed by atoms with Crippen LogP contribution in [0.25, 0.3) is 10.9 Å². The highest BCUT2D eigenvalue weighted by Crippen LogP contribution is 2.25. The molecule has 1 fully saturated rings. The fourth-order valence-corrected chi connectivity index (χ4v) is 4.29. The van der Waals surface area contributed by atoms with Crippen LogP contribution in [0, 0.1) is 22.7 Å². The van der Waals surface area contributed by atoms with Crippen molar-refractivity contribution in [3.05, 3.63) is 35.0 Å². The van der Waals surface area contributed by atoms with Crippen LogP contribution in [0.5, 0.6) is 0 Å². The highest BCUT2D eigenvalue weighted by atomic mass is 35.5. The lowest BCUT2D eigenvalue weighted by molar-refractivity contribution is -0.128. The van der Waals surface area contributed by atoms with Gasteiger partial charge in [0.05, 0.1) is 16.6 Å². The number of hydrogen-bond acceptors (Lipinski definition) is 4. The number of aromatic amines is 1. The fourth-order valence-electron chi connectivity index (χ4n) is 4.06. The predicted molar refractivity (Wildman–Crippen MR) is 127 cm³/mol. The molecule has 2 heterocycles. The zero-order valence-electron chi connectivity index (χ0n) is 19.1. The van der Waals surface area contributed by atoms with Gasteiger partial charge in [-0.1, -0.05) is 44.5 Å². The van der Waals surface area contributed by atoms with Crippen molar-refractivity contribution < 1.29 is 14.4 Å². The first kappa shape index (κ1) is 24.6. The van der Waals surface area contributed by atoms with E-state index in [2.05, 4.69) is 27.0 Å². The molecule has 3 rings (SSSR count). The number of amides is 3. The summed E-state index contributed by atoms with van der Waals surface area (Å²) in [6.07, 6.45) is 2.14. The van der Waals surface area contributed by atoms with E-state index < -0.39 is 23.9 Å². The zero-order valence-corrected chi connectivity index (χ0v) is 19.9. The van der Waals surface area contributed by atoms with Gasteiger partial charge in [0, 0.05) is 17.8 Å². The van der Waals surface area contributed by atoms with E-state index >= 15 is 0 Å². The Bertz CT molecular complexity index is 1080. The lowest BCUT2D eigenvalue weighted by Crippen LogP contribution is -2.51. The molecular formula is C24H30ClN5O3. The number of nitrogens with one attached hydrogen (secondary N) is 4. The van der Waals surface area contributed by atoms with E-state index in [1.54, 1.807) is 18.2 Å². The smallest absolute Gasteiger partial charge is 0.268 e. The van der Waals surface area contributed by atoms with Crippen molar-refractivity contribution in [3.8, 4) is 6.07 Å². The number of carbonyl (C=O) groups excluding carboxylic acids is 3. The second-order valence-electron chi connectivity index (χ2n) is 9.73. The second-order valence-corrected chi connectivity index (χ2v) is 10.1. The lowest BCUT2D eigenvalue weighted by atomic mass is 9.87. The Kier molecular flexibility index (Phi) is 7.65. The van der Waals surface area contributed by atoms with Gasteiger partial charge in [-0.25, -0.2) is 0 Å². The first-order valence-corrected chi connectivity index (χ1v) is 11.5. The molecule has 0 saturated carbocycles. The maximum Gasteiger partial charge on any atom is 0.268 e. The second kappa shape index (κ2) is 10.3. The van der Waals surface area contributed by atoms with Crippen LogP contribution in [0.15, 0.2) is 24.3 Å². The number of hydrogen-bond donors (Lipinski definition) is 4. The molecule has 4 N–H and O–H groups in total. The van der Waals surface area contributed by atoms with E-state index in [0.717, 1.165) is 11.8 Å². The Morgan fingerprint density at radius 1 is 1.30 bits per heavy atom. The van der Waals surface area contributed by atoms with Gasteiger partial charge >= 0.3 is 0 Å². The van der Waals surface area contributed by atoms with Gasteiger partial charge in [-0.2, -0.15) is 5.26 Å². The van der Waals surface area contributed by atoms with Crippen LogP contribution < -0.4 is 16.0 Å². The molecule has 1 saturated heterocycles. The molecule has 176 valence electrons. The molecule has 3 atom stereocenters. The first-order chi connectivity index (χ1) is 15.6. The number of H-pyrrole nitrogens is 1. The molecule has 0 radical (unpaired) electrons. The number of nitriles is 1. The third-order valence-electron chi connectivity index (χ3n) is 5.68. The third-order valence-corrected chi connectivity index (χ3v) is 6.00. The van der Waals surface area contributed by atoms with Crippen LogP contribution in [-0.2, 0) is 9.59 Å². The summed E-state index contributed by atoms with van der Waals surface area (Å²) in [6, 6.07) is 7.46. The molecule has 3 unspecified atom stereocenters. The molecule has 0 bridgehead atoms. The van der Waals surface area contributed by atoms with Gasteiger partial charge in [-0.15, -0.1) is 0 Å². The summed E-state index contributed by atoms with van der Waals surface area (Å²) in [6.45, 7) is 6.54. The maximum atomic E-state index is 13.1. The van der Waals surface area contributed by atoms with Crippen molar-refractivity contribution in [2.45, 2.75) is 58.5 Å². The monoisotopic (exact) mass is 471 g/mol. The van der Waals surface area contributed by atoms with Gasteiger partial charge in [0.1, 0.15) is 17.8 Å². The molecular weight excluding hydrogens is 442 g/mol. The Balaban J connectivity index is 1.72. The van der Waals surface area contributed by atoms with Crippen LogP contribution >= 0.6 is 11.6 Å². The molecule has 0 spiro atoms. The molecule has 33 heavy (non-hydrogen) atoms. The first-order valence-electron chi connectivity index (χ1n) is 11.1. The number of aromatic nitrogens is 1. The van der Waals surface area contributed by atoms with Crippen LogP contribution in [0.1, 0.15) is 56.9 Å². The van der Waals surface area contributed by atoms with Gasteiger partial charge in [-0.05, 0) is 43.2 Å². The van der Waals surface area contributed by atoms with Crippen LogP contribution in [0.3, 0.4) is 0 Å². The van der Waals surface area contributed by atoms with Crippen molar-refractivity contribution in [2.75, 3.05) is 6.54 Å². The van der Waals surface area contributed by atoms with Crippen molar-refractivity contribution in [2.24, 2.45) is 11.3 Å². The number of halogens is 1. The Morgan fingerprint density at radius 2 is 2.06 bits per heavy atom. The standard InChI is InChI=1S/C24H30ClN5O3/c1-24(2,3)12-19(23(33)28-16(13-26)10-15-7-5-9-27-21(15)31)30-22(32)18-11-14-6-4-8-17(25)20(14)29-18/h4,6,8,11,15-16,19,29H,5,7,9-10,12H2,1-3H3,(H,27,31)(H,28,33)(H,30,32). The largest absolute Gasteiger partial charge is 0.356 e. The predicted octanol–water partition coefficient (Wildman–Crippen LogP) is 3.28. The highest BCUT2D eigenvalue weighted by Gasteiger charge is 2.31. The molecule has 1 aliphatic heterocycles. The van der Waals surface area contributed by atoms with Crippen molar-refractivity contribution in [1.82, 2.24) is 20.9 Å². The minimum atomic E-state index is -0.851. The number of piperidine rings is 1. The number of benzene rings is 1. The Morgan fingerprint density at radius 3 is 2.70 bits per heavy atom. The van der Waals surface area contributed by atoms with E-state index in [4.69, 9.17) is 11.6 Å². The summed E-state index contributed by atoms with van der Waals surface area (Å²) in [7, 11) is 0. The van der Waals surface area contributed by atoms with E-state index in [0.29, 0.717) is 35.6 Å². The van der Waals surface area contributed by atoms with E-state index in [9.17, 15) is 19.6 Å². The van der Waals surface area contributed by atoms with Crippen LogP contribution in [0.4, 0.5) is 0 Å². The lowest BCUT2D eigenvalue weighted by Gasteiger charge is -2.28. The number of para-hydroxylation sites is 1. The summed E-state index contributed by atoms with van der Waals surface area (Å²) < 4.78 is 0. The van der Waals surface area contributed by atoms with E-state index in [1.807, 2.05) is 26.8 Å². The Labute approximate surface area is 198 Å². The molecule has 3 amide bonds. The molecule has 1 aromatic carbocycles. The summed E-state index contributed by atoms with van der Waals surface area (Å²) in [5.41, 5.74) is 0.682. The molecule has 9 heteroatoms. The summed E-state index contributed by atoms with van der Waals surface area (Å²) >= 11 is 6.20. The number of carbonyl (C=O) groups is 3. The summed E-state index contributed by atoms with van der Waals surface area (Å²) in [5, 5.41) is 19.2. The minimum absolute atomic E-state index is 0.0900. The topological polar surface area (TPSA) is 127 Å². The van der Waals surface area contributed by atoms with Crippen molar-refractivity contribution in [3.63, 3.8) is 0 Å². The highest BCUT2D eigenvalue weighted by molar-refractivity contribution is 6.35. The van der Waals surface area contributed by atoms with Gasteiger partial charge in [-0.3, -0.25) is 14.4 Å². The molecule has 2 aromatic rings. The van der Waals surface area contributed by atoms with Crippen molar-refractivity contribution >= 4 is 40.2 Å². The van der Waals surface area contributed by atoms with E-state index in [-0.39, 0.29) is 23.7 Å². The number of nitrogens with zero attached hydrogens (tertiary/aromatic N) is 1. The molecule has 8 nitrogen and oxygen atoms in total. The molecule has 1 aromatic heterocycles. The SMILES string of the molecule is CC(C)(C)CC(NC(=O)c1cc2cccc(Cl)c2[nH]1)C(=O)NC(C#N)CC1CCCNC1=O. The average molecular weight is 472 g/mol. The van der Waals surface area contributed by atoms with Crippen LogP contribution in [-0.4, -0.2) is 41.3 Å². The van der Waals surface area contributed by atoms with Crippen molar-refractivity contribution in [1.29, 1.82) is 5.26 Å². The minimum Gasteiger partial charge on any atom is -0.356 e. The normalized spacial score (nSPS) is 18.2. The summed E-state index contributed by atoms with van der Waals surface area (Å²) in [5.74, 6) is -1.29.